The van der Waals surface area contributed by atoms with Gasteiger partial charge in [-0.25, -0.2) is 4.79 Å². The van der Waals surface area contributed by atoms with Crippen LogP contribution in [-0.2, 0) is 29.0 Å². The summed E-state index contributed by atoms with van der Waals surface area (Å²) >= 11 is 0. The van der Waals surface area contributed by atoms with Gasteiger partial charge in [-0.15, -0.1) is 0 Å². The first-order valence-corrected chi connectivity index (χ1v) is 8.79. The lowest BCUT2D eigenvalue weighted by atomic mass is 9.71. The van der Waals surface area contributed by atoms with E-state index in [0.29, 0.717) is 13.2 Å². The number of carbonyl (C=O) groups is 1. The summed E-state index contributed by atoms with van der Waals surface area (Å²) < 4.78 is 11.2. The van der Waals surface area contributed by atoms with E-state index in [4.69, 9.17) is 9.47 Å². The summed E-state index contributed by atoms with van der Waals surface area (Å²) in [4.78, 5) is 14.6. The number of hydrogen-bond donors (Lipinski definition) is 1. The quantitative estimate of drug-likeness (QED) is 0.905. The van der Waals surface area contributed by atoms with Gasteiger partial charge in [-0.3, -0.25) is 0 Å². The molecule has 0 aliphatic carbocycles. The minimum absolute atomic E-state index is 0.0384. The number of carbonyl (C=O) groups excluding carboxylic acids is 1. The maximum absolute atomic E-state index is 12.7. The van der Waals surface area contributed by atoms with Crippen molar-refractivity contribution in [1.29, 1.82) is 0 Å². The molecule has 2 fully saturated rings. The number of benzene rings is 1. The summed E-state index contributed by atoms with van der Waals surface area (Å²) in [6.45, 7) is 9.55. The number of rotatable bonds is 2. The Bertz CT molecular complexity index is 644. The highest BCUT2D eigenvalue weighted by Gasteiger charge is 2.56. The molecule has 0 spiro atoms. The minimum atomic E-state index is 0.0384. The molecule has 4 rings (SSSR count). The lowest BCUT2D eigenvalue weighted by Gasteiger charge is -2.29. The molecule has 1 aromatic carbocycles. The van der Waals surface area contributed by atoms with Gasteiger partial charge in [-0.05, 0) is 23.1 Å². The van der Waals surface area contributed by atoms with Gasteiger partial charge in [0.1, 0.15) is 0 Å². The fourth-order valence-electron chi connectivity index (χ4n) is 4.31. The van der Waals surface area contributed by atoms with E-state index in [1.807, 2.05) is 4.90 Å². The van der Waals surface area contributed by atoms with Gasteiger partial charge in [0, 0.05) is 30.5 Å². The second-order valence-electron chi connectivity index (χ2n) is 7.99. The topological polar surface area (TPSA) is 50.8 Å². The molecule has 0 saturated carbocycles. The smallest absolute Gasteiger partial charge is 0.317 e. The molecule has 130 valence electrons. The molecule has 24 heavy (non-hydrogen) atoms. The first-order valence-electron chi connectivity index (χ1n) is 8.79. The fraction of sp³-hybridized carbons (Fsp3) is 0.632. The van der Waals surface area contributed by atoms with Gasteiger partial charge in [0.05, 0.1) is 26.4 Å². The second-order valence-corrected chi connectivity index (χ2v) is 7.99. The van der Waals surface area contributed by atoms with Crippen LogP contribution >= 0.6 is 0 Å². The Hall–Kier alpha value is -1.59. The van der Waals surface area contributed by atoms with Crippen LogP contribution in [0.15, 0.2) is 18.2 Å². The molecule has 1 aromatic rings. The van der Waals surface area contributed by atoms with Crippen molar-refractivity contribution in [3.05, 3.63) is 34.9 Å². The molecular weight excluding hydrogens is 304 g/mol. The zero-order valence-electron chi connectivity index (χ0n) is 14.6. The van der Waals surface area contributed by atoms with Crippen molar-refractivity contribution >= 4 is 6.03 Å². The van der Waals surface area contributed by atoms with Crippen LogP contribution in [-0.4, -0.2) is 43.8 Å². The van der Waals surface area contributed by atoms with Gasteiger partial charge >= 0.3 is 6.03 Å². The van der Waals surface area contributed by atoms with Crippen LogP contribution in [0.1, 0.15) is 30.5 Å². The van der Waals surface area contributed by atoms with Crippen molar-refractivity contribution in [1.82, 2.24) is 10.2 Å². The molecule has 0 aromatic heterocycles. The monoisotopic (exact) mass is 330 g/mol. The molecule has 0 radical (unpaired) electrons. The third-order valence-electron chi connectivity index (χ3n) is 6.22. The molecule has 0 bridgehead atoms. The zero-order chi connectivity index (χ0) is 16.8. The molecule has 3 aliphatic rings. The molecule has 2 atom stereocenters. The van der Waals surface area contributed by atoms with Gasteiger partial charge < -0.3 is 19.7 Å². The number of likely N-dealkylation sites (tertiary alicyclic amines) is 1. The van der Waals surface area contributed by atoms with Gasteiger partial charge in [0.2, 0.25) is 0 Å². The van der Waals surface area contributed by atoms with Gasteiger partial charge in [-0.2, -0.15) is 0 Å². The van der Waals surface area contributed by atoms with Crippen LogP contribution in [0.5, 0.6) is 0 Å². The van der Waals surface area contributed by atoms with E-state index < -0.39 is 0 Å². The number of nitrogens with zero attached hydrogens (tertiary/aromatic N) is 1. The van der Waals surface area contributed by atoms with Crippen molar-refractivity contribution in [2.45, 2.75) is 33.4 Å². The minimum Gasteiger partial charge on any atom is -0.380 e. The van der Waals surface area contributed by atoms with Crippen LogP contribution in [0.2, 0.25) is 0 Å². The summed E-state index contributed by atoms with van der Waals surface area (Å²) in [5.41, 5.74) is 3.96. The van der Waals surface area contributed by atoms with Gasteiger partial charge in [0.15, 0.2) is 0 Å². The maximum Gasteiger partial charge on any atom is 0.317 e. The largest absolute Gasteiger partial charge is 0.380 e. The number of nitrogens with one attached hydrogen (secondary N) is 1. The fourth-order valence-corrected chi connectivity index (χ4v) is 4.31. The second kappa shape index (κ2) is 5.74. The van der Waals surface area contributed by atoms with E-state index in [2.05, 4.69) is 37.4 Å². The highest BCUT2D eigenvalue weighted by atomic mass is 16.5. The first kappa shape index (κ1) is 15.9. The molecule has 5 nitrogen and oxygen atoms in total. The van der Waals surface area contributed by atoms with E-state index >= 15 is 0 Å². The van der Waals surface area contributed by atoms with Crippen molar-refractivity contribution in [2.75, 3.05) is 32.9 Å². The standard InChI is InChI=1S/C19H26N2O3/c1-18-10-21(11-19(18,2)13-24-12-18)17(22)20-8-14-4-3-5-15-9-23-7-6-16(14)15/h3-5H,6-13H2,1-2H3,(H,20,22)/t18-,19+. The van der Waals surface area contributed by atoms with Crippen molar-refractivity contribution < 1.29 is 14.3 Å². The van der Waals surface area contributed by atoms with Crippen LogP contribution in [0.25, 0.3) is 0 Å². The average Bonchev–Trinajstić information content (AvgIpc) is 3.00. The van der Waals surface area contributed by atoms with E-state index in [1.165, 1.54) is 16.7 Å². The zero-order valence-corrected chi connectivity index (χ0v) is 14.6. The summed E-state index contributed by atoms with van der Waals surface area (Å²) in [5, 5.41) is 3.12. The van der Waals surface area contributed by atoms with E-state index in [0.717, 1.165) is 39.3 Å². The lowest BCUT2D eigenvalue weighted by Crippen LogP contribution is -2.40. The summed E-state index contributed by atoms with van der Waals surface area (Å²) in [6, 6.07) is 6.31. The van der Waals surface area contributed by atoms with Crippen molar-refractivity contribution in [3.8, 4) is 0 Å². The summed E-state index contributed by atoms with van der Waals surface area (Å²) in [5.74, 6) is 0. The molecule has 3 aliphatic heterocycles. The number of ether oxygens (including phenoxy) is 2. The average molecular weight is 330 g/mol. The molecule has 3 heterocycles. The Balaban J connectivity index is 1.42. The summed E-state index contributed by atoms with van der Waals surface area (Å²) in [6.07, 6.45) is 0.929. The predicted molar refractivity (Wildman–Crippen MR) is 90.6 cm³/mol. The van der Waals surface area contributed by atoms with Crippen molar-refractivity contribution in [3.63, 3.8) is 0 Å². The normalized spacial score (nSPS) is 31.7. The molecule has 2 amide bonds. The molecule has 0 unspecified atom stereocenters. The molecule has 1 N–H and O–H groups in total. The first-order chi connectivity index (χ1) is 11.5. The Labute approximate surface area is 143 Å². The molecule has 5 heteroatoms. The predicted octanol–water partition coefficient (Wildman–Crippen LogP) is 2.33. The lowest BCUT2D eigenvalue weighted by molar-refractivity contribution is 0.110. The summed E-state index contributed by atoms with van der Waals surface area (Å²) in [7, 11) is 0. The third kappa shape index (κ3) is 2.50. The van der Waals surface area contributed by atoms with Gasteiger partial charge in [-0.1, -0.05) is 32.0 Å². The van der Waals surface area contributed by atoms with Crippen LogP contribution < -0.4 is 5.32 Å². The maximum atomic E-state index is 12.7. The highest BCUT2D eigenvalue weighted by Crippen LogP contribution is 2.50. The SMILES string of the molecule is C[C@@]12COC[C@]1(C)CN(C(=O)NCc1cccc3c1CCOC3)C2. The Morgan fingerprint density at radius 1 is 1.21 bits per heavy atom. The number of hydrogen-bond acceptors (Lipinski definition) is 3. The highest BCUT2D eigenvalue weighted by molar-refractivity contribution is 5.75. The van der Waals surface area contributed by atoms with Crippen molar-refractivity contribution in [2.24, 2.45) is 10.8 Å². The van der Waals surface area contributed by atoms with E-state index in [1.54, 1.807) is 0 Å². The Morgan fingerprint density at radius 3 is 2.71 bits per heavy atom. The Kier molecular flexibility index (Phi) is 3.81. The van der Waals surface area contributed by atoms with Crippen LogP contribution in [0, 0.1) is 10.8 Å². The van der Waals surface area contributed by atoms with E-state index in [-0.39, 0.29) is 16.9 Å². The number of amides is 2. The van der Waals surface area contributed by atoms with E-state index in [9.17, 15) is 4.79 Å². The molecule has 2 saturated heterocycles. The van der Waals surface area contributed by atoms with Crippen LogP contribution in [0.4, 0.5) is 4.79 Å². The third-order valence-corrected chi connectivity index (χ3v) is 6.22. The van der Waals surface area contributed by atoms with Crippen LogP contribution in [0.3, 0.4) is 0 Å². The van der Waals surface area contributed by atoms with Gasteiger partial charge in [0.25, 0.3) is 0 Å². The Morgan fingerprint density at radius 2 is 1.96 bits per heavy atom. The number of urea groups is 1. The molecular formula is C19H26N2O3. The number of fused-ring (bicyclic) bond motifs is 2.